The topological polar surface area (TPSA) is 64.1 Å². The molecule has 0 fully saturated rings. The Kier molecular flexibility index (Phi) is 6.41. The van der Waals surface area contributed by atoms with Crippen LogP contribution in [0.1, 0.15) is 5.56 Å². The minimum Gasteiger partial charge on any atom is -0.437 e. The Labute approximate surface area is 168 Å². The van der Waals surface area contributed by atoms with Crippen LogP contribution < -0.4 is 10.1 Å². The highest BCUT2D eigenvalue weighted by Crippen LogP contribution is 2.29. The van der Waals surface area contributed by atoms with Crippen LogP contribution in [0.4, 0.5) is 10.1 Å². The summed E-state index contributed by atoms with van der Waals surface area (Å²) in [6.45, 7) is 1.99. The second kappa shape index (κ2) is 8.96. The van der Waals surface area contributed by atoms with Crippen molar-refractivity contribution < 1.29 is 13.9 Å². The summed E-state index contributed by atoms with van der Waals surface area (Å²) in [4.78, 5) is 20.5. The van der Waals surface area contributed by atoms with E-state index in [0.717, 1.165) is 5.56 Å². The molecular formula is C19H15BrFN3O2S. The zero-order valence-electron chi connectivity index (χ0n) is 14.3. The van der Waals surface area contributed by atoms with Crippen molar-refractivity contribution in [2.45, 2.75) is 11.9 Å². The average molecular weight is 448 g/mol. The maximum absolute atomic E-state index is 13.5. The third-order valence-corrected chi connectivity index (χ3v) is 5.02. The third kappa shape index (κ3) is 5.51. The number of nitrogens with one attached hydrogen (secondary N) is 1. The molecule has 0 unspecified atom stereocenters. The quantitative estimate of drug-likeness (QED) is 0.525. The molecule has 2 aromatic carbocycles. The lowest BCUT2D eigenvalue weighted by Gasteiger charge is -2.09. The van der Waals surface area contributed by atoms with Gasteiger partial charge < -0.3 is 10.1 Å². The van der Waals surface area contributed by atoms with Gasteiger partial charge in [0, 0.05) is 18.1 Å². The molecule has 0 radical (unpaired) electrons. The van der Waals surface area contributed by atoms with Crippen molar-refractivity contribution in [2.75, 3.05) is 11.1 Å². The standard InChI is InChI=1S/C19H15BrFN3O2S/c1-12-2-5-14(6-3-12)26-18-19(23-9-8-22-18)27-11-17(25)24-13-4-7-15(20)16(21)10-13/h2-10H,11H2,1H3,(H,24,25). The number of anilines is 1. The Morgan fingerprint density at radius 2 is 1.93 bits per heavy atom. The van der Waals surface area contributed by atoms with Crippen LogP contribution >= 0.6 is 27.7 Å². The molecule has 27 heavy (non-hydrogen) atoms. The van der Waals surface area contributed by atoms with Crippen LogP contribution in [0.3, 0.4) is 0 Å². The van der Waals surface area contributed by atoms with Gasteiger partial charge in [0.05, 0.1) is 10.2 Å². The summed E-state index contributed by atoms with van der Waals surface area (Å²) in [7, 11) is 0. The van der Waals surface area contributed by atoms with E-state index in [1.165, 1.54) is 36.3 Å². The summed E-state index contributed by atoms with van der Waals surface area (Å²) in [5.41, 5.74) is 1.51. The van der Waals surface area contributed by atoms with Gasteiger partial charge in [0.1, 0.15) is 11.6 Å². The maximum Gasteiger partial charge on any atom is 0.252 e. The lowest BCUT2D eigenvalue weighted by Crippen LogP contribution is -2.14. The Bertz CT molecular complexity index is 954. The van der Waals surface area contributed by atoms with E-state index >= 15 is 0 Å². The van der Waals surface area contributed by atoms with Gasteiger partial charge in [-0.05, 0) is 53.2 Å². The van der Waals surface area contributed by atoms with Crippen molar-refractivity contribution in [3.8, 4) is 11.6 Å². The molecule has 0 atom stereocenters. The average Bonchev–Trinajstić information content (AvgIpc) is 2.66. The van der Waals surface area contributed by atoms with E-state index in [4.69, 9.17) is 4.74 Å². The molecule has 0 aliphatic rings. The van der Waals surface area contributed by atoms with E-state index in [1.54, 1.807) is 6.07 Å². The highest BCUT2D eigenvalue weighted by atomic mass is 79.9. The van der Waals surface area contributed by atoms with Crippen LogP contribution in [0.2, 0.25) is 0 Å². The number of rotatable bonds is 6. The van der Waals surface area contributed by atoms with Gasteiger partial charge in [-0.1, -0.05) is 29.5 Å². The predicted octanol–water partition coefficient (Wildman–Crippen LogP) is 5.21. The summed E-state index contributed by atoms with van der Waals surface area (Å²) < 4.78 is 19.6. The largest absolute Gasteiger partial charge is 0.437 e. The van der Waals surface area contributed by atoms with E-state index < -0.39 is 5.82 Å². The Morgan fingerprint density at radius 1 is 1.19 bits per heavy atom. The van der Waals surface area contributed by atoms with Crippen molar-refractivity contribution in [1.82, 2.24) is 9.97 Å². The van der Waals surface area contributed by atoms with Crippen molar-refractivity contribution in [1.29, 1.82) is 0 Å². The molecule has 0 aliphatic carbocycles. The van der Waals surface area contributed by atoms with Crippen molar-refractivity contribution in [3.63, 3.8) is 0 Å². The van der Waals surface area contributed by atoms with Crippen LogP contribution in [-0.2, 0) is 4.79 Å². The number of aryl methyl sites for hydroxylation is 1. The molecule has 3 aromatic rings. The van der Waals surface area contributed by atoms with E-state index in [-0.39, 0.29) is 11.7 Å². The van der Waals surface area contributed by atoms with Crippen molar-refractivity contribution in [3.05, 3.63) is 70.7 Å². The number of thioether (sulfide) groups is 1. The summed E-state index contributed by atoms with van der Waals surface area (Å²) in [5.74, 6) is 0.323. The van der Waals surface area contributed by atoms with E-state index in [1.807, 2.05) is 31.2 Å². The zero-order valence-corrected chi connectivity index (χ0v) is 16.7. The third-order valence-electron chi connectivity index (χ3n) is 3.41. The van der Waals surface area contributed by atoms with Gasteiger partial charge in [0.2, 0.25) is 5.91 Å². The molecule has 3 rings (SSSR count). The minimum atomic E-state index is -0.442. The number of halogens is 2. The first kappa shape index (κ1) is 19.3. The fraction of sp³-hybridized carbons (Fsp3) is 0.105. The van der Waals surface area contributed by atoms with Crippen LogP contribution in [0.25, 0.3) is 0 Å². The summed E-state index contributed by atoms with van der Waals surface area (Å²) in [6, 6.07) is 12.0. The van der Waals surface area contributed by atoms with Crippen LogP contribution in [-0.4, -0.2) is 21.6 Å². The lowest BCUT2D eigenvalue weighted by atomic mass is 10.2. The van der Waals surface area contributed by atoms with Gasteiger partial charge in [-0.3, -0.25) is 4.79 Å². The normalized spacial score (nSPS) is 10.5. The molecule has 138 valence electrons. The minimum absolute atomic E-state index is 0.0840. The molecule has 0 aliphatic heterocycles. The number of nitrogens with zero attached hydrogens (tertiary/aromatic N) is 2. The van der Waals surface area contributed by atoms with E-state index in [9.17, 15) is 9.18 Å². The molecule has 1 heterocycles. The SMILES string of the molecule is Cc1ccc(Oc2nccnc2SCC(=O)Nc2ccc(Br)c(F)c2)cc1. The van der Waals surface area contributed by atoms with Crippen LogP contribution in [0.5, 0.6) is 11.6 Å². The van der Waals surface area contributed by atoms with Crippen LogP contribution in [0, 0.1) is 12.7 Å². The first-order chi connectivity index (χ1) is 13.0. The second-order valence-electron chi connectivity index (χ2n) is 5.55. The maximum atomic E-state index is 13.5. The summed E-state index contributed by atoms with van der Waals surface area (Å²) in [5, 5.41) is 3.14. The van der Waals surface area contributed by atoms with Gasteiger partial charge >= 0.3 is 0 Å². The van der Waals surface area contributed by atoms with Gasteiger partial charge in [-0.15, -0.1) is 0 Å². The predicted molar refractivity (Wildman–Crippen MR) is 107 cm³/mol. The first-order valence-electron chi connectivity index (χ1n) is 7.94. The Morgan fingerprint density at radius 3 is 2.67 bits per heavy atom. The molecule has 0 bridgehead atoms. The molecular weight excluding hydrogens is 433 g/mol. The van der Waals surface area contributed by atoms with Crippen molar-refractivity contribution in [2.24, 2.45) is 0 Å². The molecule has 8 heteroatoms. The molecule has 5 nitrogen and oxygen atoms in total. The number of benzene rings is 2. The van der Waals surface area contributed by atoms with Gasteiger partial charge in [-0.25, -0.2) is 14.4 Å². The number of ether oxygens (including phenoxy) is 1. The highest BCUT2D eigenvalue weighted by molar-refractivity contribution is 9.10. The number of hydrogen-bond donors (Lipinski definition) is 1. The zero-order chi connectivity index (χ0) is 19.2. The molecule has 1 aromatic heterocycles. The molecule has 0 saturated carbocycles. The fourth-order valence-corrected chi connectivity index (χ4v) is 3.04. The number of hydrogen-bond acceptors (Lipinski definition) is 5. The monoisotopic (exact) mass is 447 g/mol. The number of aromatic nitrogens is 2. The summed E-state index contributed by atoms with van der Waals surface area (Å²) >= 11 is 4.27. The van der Waals surface area contributed by atoms with E-state index in [0.29, 0.717) is 26.8 Å². The Balaban J connectivity index is 1.62. The highest BCUT2D eigenvalue weighted by Gasteiger charge is 2.12. The van der Waals surface area contributed by atoms with Crippen LogP contribution in [0.15, 0.2) is 64.4 Å². The fourth-order valence-electron chi connectivity index (χ4n) is 2.10. The first-order valence-corrected chi connectivity index (χ1v) is 9.72. The molecule has 1 amide bonds. The molecule has 0 saturated heterocycles. The molecule has 0 spiro atoms. The van der Waals surface area contributed by atoms with E-state index in [2.05, 4.69) is 31.2 Å². The second-order valence-corrected chi connectivity index (χ2v) is 7.37. The van der Waals surface area contributed by atoms with Gasteiger partial charge in [0.25, 0.3) is 5.88 Å². The molecule has 1 N–H and O–H groups in total. The lowest BCUT2D eigenvalue weighted by molar-refractivity contribution is -0.113. The van der Waals surface area contributed by atoms with Gasteiger partial charge in [-0.2, -0.15) is 0 Å². The Hall–Kier alpha value is -2.45. The van der Waals surface area contributed by atoms with Crippen molar-refractivity contribution >= 4 is 39.3 Å². The van der Waals surface area contributed by atoms with Gasteiger partial charge in [0.15, 0.2) is 5.03 Å². The number of carbonyl (C=O) groups excluding carboxylic acids is 1. The summed E-state index contributed by atoms with van der Waals surface area (Å²) in [6.07, 6.45) is 3.06. The smallest absolute Gasteiger partial charge is 0.252 e. The number of carbonyl (C=O) groups is 1. The number of amides is 1.